The molecule has 0 aliphatic rings. The van der Waals surface area contributed by atoms with Gasteiger partial charge < -0.3 is 10.5 Å². The number of allylic oxidation sites excluding steroid dienone is 1. The summed E-state index contributed by atoms with van der Waals surface area (Å²) in [6.45, 7) is 7.18. The summed E-state index contributed by atoms with van der Waals surface area (Å²) in [6.07, 6.45) is 6.41. The number of nitrogens with zero attached hydrogens (tertiary/aromatic N) is 2. The van der Waals surface area contributed by atoms with E-state index in [1.165, 1.54) is 0 Å². The quantitative estimate of drug-likeness (QED) is 0.639. The fraction of sp³-hybridized carbons (Fsp3) is 0.267. The molecule has 0 fully saturated rings. The molecule has 1 aromatic heterocycles. The van der Waals surface area contributed by atoms with Gasteiger partial charge in [-0.1, -0.05) is 6.08 Å². The van der Waals surface area contributed by atoms with E-state index in [0.29, 0.717) is 6.61 Å². The lowest BCUT2D eigenvalue weighted by Gasteiger charge is -2.10. The minimum Gasteiger partial charge on any atom is -0.488 e. The molecule has 0 saturated heterocycles. The lowest BCUT2D eigenvalue weighted by molar-refractivity contribution is 0.303. The Kier molecular flexibility index (Phi) is 4.23. The van der Waals surface area contributed by atoms with E-state index in [9.17, 15) is 0 Å². The van der Waals surface area contributed by atoms with Crippen molar-refractivity contribution in [2.24, 2.45) is 0 Å². The standard InChI is InChI=1S/C15H19N3O/c1-3-5-13-8-14(16)6-7-15(13)19-11-12-9-17-18(4-2)10-12/h3,6-10H,1,4-5,11,16H2,2H3. The number of aryl methyl sites for hydroxylation is 1. The molecule has 0 bridgehead atoms. The van der Waals surface area contributed by atoms with Crippen LogP contribution in [0.5, 0.6) is 5.75 Å². The highest BCUT2D eigenvalue weighted by atomic mass is 16.5. The monoisotopic (exact) mass is 257 g/mol. The second-order valence-electron chi connectivity index (χ2n) is 4.35. The molecule has 0 saturated carbocycles. The summed E-state index contributed by atoms with van der Waals surface area (Å²) in [7, 11) is 0. The van der Waals surface area contributed by atoms with Crippen LogP contribution in [-0.4, -0.2) is 9.78 Å². The molecule has 19 heavy (non-hydrogen) atoms. The molecule has 0 atom stereocenters. The van der Waals surface area contributed by atoms with Crippen LogP contribution in [0.15, 0.2) is 43.2 Å². The van der Waals surface area contributed by atoms with Gasteiger partial charge in [0.05, 0.1) is 6.20 Å². The molecule has 2 N–H and O–H groups in total. The number of benzene rings is 1. The Morgan fingerprint density at radius 1 is 1.47 bits per heavy atom. The van der Waals surface area contributed by atoms with Gasteiger partial charge in [-0.2, -0.15) is 5.10 Å². The van der Waals surface area contributed by atoms with Crippen LogP contribution in [0.3, 0.4) is 0 Å². The van der Waals surface area contributed by atoms with Crippen molar-refractivity contribution in [2.75, 3.05) is 5.73 Å². The van der Waals surface area contributed by atoms with Gasteiger partial charge in [-0.25, -0.2) is 0 Å². The average Bonchev–Trinajstić information content (AvgIpc) is 2.86. The highest BCUT2D eigenvalue weighted by molar-refractivity contribution is 5.48. The van der Waals surface area contributed by atoms with E-state index < -0.39 is 0 Å². The van der Waals surface area contributed by atoms with Gasteiger partial charge in [-0.15, -0.1) is 6.58 Å². The van der Waals surface area contributed by atoms with Crippen molar-refractivity contribution < 1.29 is 4.74 Å². The van der Waals surface area contributed by atoms with Gasteiger partial charge in [0.2, 0.25) is 0 Å². The Bertz CT molecular complexity index is 560. The second kappa shape index (κ2) is 6.09. The highest BCUT2D eigenvalue weighted by Crippen LogP contribution is 2.23. The van der Waals surface area contributed by atoms with Crippen molar-refractivity contribution in [3.63, 3.8) is 0 Å². The Morgan fingerprint density at radius 3 is 3.00 bits per heavy atom. The maximum Gasteiger partial charge on any atom is 0.123 e. The summed E-state index contributed by atoms with van der Waals surface area (Å²) in [5.41, 5.74) is 8.63. The summed E-state index contributed by atoms with van der Waals surface area (Å²) in [5.74, 6) is 0.846. The number of rotatable bonds is 6. The van der Waals surface area contributed by atoms with Gasteiger partial charge in [0, 0.05) is 24.0 Å². The predicted octanol–water partition coefficient (Wildman–Crippen LogP) is 2.79. The van der Waals surface area contributed by atoms with Crippen molar-refractivity contribution in [3.05, 3.63) is 54.4 Å². The topological polar surface area (TPSA) is 53.1 Å². The molecule has 0 aliphatic carbocycles. The average molecular weight is 257 g/mol. The molecule has 4 nitrogen and oxygen atoms in total. The maximum atomic E-state index is 5.83. The van der Waals surface area contributed by atoms with E-state index >= 15 is 0 Å². The highest BCUT2D eigenvalue weighted by Gasteiger charge is 2.04. The maximum absolute atomic E-state index is 5.83. The van der Waals surface area contributed by atoms with Crippen molar-refractivity contribution in [1.29, 1.82) is 0 Å². The molecule has 0 spiro atoms. The molecule has 2 rings (SSSR count). The largest absolute Gasteiger partial charge is 0.488 e. The third kappa shape index (κ3) is 3.37. The summed E-state index contributed by atoms with van der Waals surface area (Å²) >= 11 is 0. The first-order valence-electron chi connectivity index (χ1n) is 6.36. The molecule has 0 aliphatic heterocycles. The van der Waals surface area contributed by atoms with Gasteiger partial charge in [0.15, 0.2) is 0 Å². The normalized spacial score (nSPS) is 10.4. The van der Waals surface area contributed by atoms with Gasteiger partial charge in [-0.3, -0.25) is 4.68 Å². The van der Waals surface area contributed by atoms with Crippen LogP contribution in [-0.2, 0) is 19.6 Å². The fourth-order valence-electron chi connectivity index (χ4n) is 1.87. The smallest absolute Gasteiger partial charge is 0.123 e. The van der Waals surface area contributed by atoms with E-state index in [0.717, 1.165) is 35.5 Å². The summed E-state index contributed by atoms with van der Waals surface area (Å²) in [5, 5.41) is 4.22. The third-order valence-corrected chi connectivity index (χ3v) is 2.85. The Balaban J connectivity index is 2.07. The Hall–Kier alpha value is -2.23. The first kappa shape index (κ1) is 13.2. The zero-order chi connectivity index (χ0) is 13.7. The lowest BCUT2D eigenvalue weighted by atomic mass is 10.1. The van der Waals surface area contributed by atoms with E-state index in [2.05, 4.69) is 18.6 Å². The zero-order valence-corrected chi connectivity index (χ0v) is 11.2. The fourth-order valence-corrected chi connectivity index (χ4v) is 1.87. The van der Waals surface area contributed by atoms with Crippen LogP contribution in [0.4, 0.5) is 5.69 Å². The number of nitrogens with two attached hydrogens (primary N) is 1. The number of hydrogen-bond donors (Lipinski definition) is 1. The molecule has 0 radical (unpaired) electrons. The number of hydrogen-bond acceptors (Lipinski definition) is 3. The van der Waals surface area contributed by atoms with E-state index in [1.807, 2.05) is 41.4 Å². The first-order valence-corrected chi connectivity index (χ1v) is 6.36. The number of aromatic nitrogens is 2. The van der Waals surface area contributed by atoms with Gasteiger partial charge in [0.1, 0.15) is 12.4 Å². The number of ether oxygens (including phenoxy) is 1. The molecule has 4 heteroatoms. The molecular weight excluding hydrogens is 238 g/mol. The summed E-state index contributed by atoms with van der Waals surface area (Å²) in [4.78, 5) is 0. The van der Waals surface area contributed by atoms with E-state index in [1.54, 1.807) is 0 Å². The van der Waals surface area contributed by atoms with Crippen LogP contribution in [0.2, 0.25) is 0 Å². The van der Waals surface area contributed by atoms with Crippen molar-refractivity contribution in [3.8, 4) is 5.75 Å². The molecule has 0 unspecified atom stereocenters. The van der Waals surface area contributed by atoms with E-state index in [-0.39, 0.29) is 0 Å². The Labute approximate surface area is 113 Å². The molecule has 2 aromatic rings. The van der Waals surface area contributed by atoms with E-state index in [4.69, 9.17) is 10.5 Å². The van der Waals surface area contributed by atoms with Crippen LogP contribution in [0.1, 0.15) is 18.1 Å². The van der Waals surface area contributed by atoms with Crippen molar-refractivity contribution in [1.82, 2.24) is 9.78 Å². The molecule has 100 valence electrons. The summed E-state index contributed by atoms with van der Waals surface area (Å²) < 4.78 is 7.71. The van der Waals surface area contributed by atoms with Crippen LogP contribution >= 0.6 is 0 Å². The van der Waals surface area contributed by atoms with Crippen LogP contribution in [0.25, 0.3) is 0 Å². The number of nitrogen functional groups attached to an aromatic ring is 1. The van der Waals surface area contributed by atoms with Gasteiger partial charge in [-0.05, 0) is 37.1 Å². The zero-order valence-electron chi connectivity index (χ0n) is 11.2. The molecule has 1 aromatic carbocycles. The van der Waals surface area contributed by atoms with Crippen molar-refractivity contribution in [2.45, 2.75) is 26.5 Å². The lowest BCUT2D eigenvalue weighted by Crippen LogP contribution is -1.99. The van der Waals surface area contributed by atoms with Crippen LogP contribution in [0, 0.1) is 0 Å². The molecular formula is C15H19N3O. The first-order chi connectivity index (χ1) is 9.22. The predicted molar refractivity (Wildman–Crippen MR) is 77.0 cm³/mol. The minimum atomic E-state index is 0.508. The number of anilines is 1. The second-order valence-corrected chi connectivity index (χ2v) is 4.35. The molecule has 1 heterocycles. The SMILES string of the molecule is C=CCc1cc(N)ccc1OCc1cnn(CC)c1. The van der Waals surface area contributed by atoms with Crippen LogP contribution < -0.4 is 10.5 Å². The molecule has 0 amide bonds. The van der Waals surface area contributed by atoms with Gasteiger partial charge >= 0.3 is 0 Å². The minimum absolute atomic E-state index is 0.508. The van der Waals surface area contributed by atoms with Gasteiger partial charge in [0.25, 0.3) is 0 Å². The summed E-state index contributed by atoms with van der Waals surface area (Å²) in [6, 6.07) is 5.67. The third-order valence-electron chi connectivity index (χ3n) is 2.85. The Morgan fingerprint density at radius 2 is 2.32 bits per heavy atom. The van der Waals surface area contributed by atoms with Crippen molar-refractivity contribution >= 4 is 5.69 Å².